The van der Waals surface area contributed by atoms with Crippen LogP contribution in [0.1, 0.15) is 73.1 Å². The summed E-state index contributed by atoms with van der Waals surface area (Å²) in [6, 6.07) is 0.548. The molecule has 4 fully saturated rings. The van der Waals surface area contributed by atoms with E-state index in [2.05, 4.69) is 39.9 Å². The fraction of sp³-hybridized carbons (Fsp3) is 1.00. The van der Waals surface area contributed by atoms with Gasteiger partial charge in [0.15, 0.2) is 0 Å². The summed E-state index contributed by atoms with van der Waals surface area (Å²) in [5.74, 6) is 0.969. The van der Waals surface area contributed by atoms with E-state index >= 15 is 0 Å². The molecule has 2 heteroatoms. The van der Waals surface area contributed by atoms with Crippen LogP contribution in [0.15, 0.2) is 0 Å². The molecule has 3 unspecified atom stereocenters. The van der Waals surface area contributed by atoms with E-state index < -0.39 is 0 Å². The standard InChI is InChI=1S/C19H35NO/c1-6-20-16(10-21-14(2)3)19-9-15-7-17(4,12-19)11-18(5,8-15)13-19/h14-16,20H,6-13H2,1-5H3. The monoisotopic (exact) mass is 293 g/mol. The highest BCUT2D eigenvalue weighted by atomic mass is 16.5. The summed E-state index contributed by atoms with van der Waals surface area (Å²) in [7, 11) is 0. The summed E-state index contributed by atoms with van der Waals surface area (Å²) in [6.45, 7) is 13.6. The van der Waals surface area contributed by atoms with Crippen molar-refractivity contribution in [3.63, 3.8) is 0 Å². The van der Waals surface area contributed by atoms with Crippen molar-refractivity contribution in [1.82, 2.24) is 5.32 Å². The second-order valence-electron chi connectivity index (χ2n) is 9.48. The summed E-state index contributed by atoms with van der Waals surface area (Å²) >= 11 is 0. The molecule has 2 nitrogen and oxygen atoms in total. The molecule has 4 bridgehead atoms. The molecule has 21 heavy (non-hydrogen) atoms. The number of hydrogen-bond acceptors (Lipinski definition) is 2. The van der Waals surface area contributed by atoms with Gasteiger partial charge in [0.2, 0.25) is 0 Å². The lowest BCUT2D eigenvalue weighted by Gasteiger charge is -2.67. The zero-order valence-electron chi connectivity index (χ0n) is 14.8. The average molecular weight is 293 g/mol. The third-order valence-electron chi connectivity index (χ3n) is 6.46. The van der Waals surface area contributed by atoms with E-state index in [0.29, 0.717) is 28.4 Å². The van der Waals surface area contributed by atoms with E-state index in [1.165, 1.54) is 38.5 Å². The first-order valence-corrected chi connectivity index (χ1v) is 9.13. The third kappa shape index (κ3) is 2.91. The van der Waals surface area contributed by atoms with Crippen LogP contribution in [0.25, 0.3) is 0 Å². The second-order valence-corrected chi connectivity index (χ2v) is 9.48. The quantitative estimate of drug-likeness (QED) is 0.784. The van der Waals surface area contributed by atoms with E-state index in [0.717, 1.165) is 19.1 Å². The Morgan fingerprint density at radius 3 is 2.14 bits per heavy atom. The Hall–Kier alpha value is -0.0800. The zero-order chi connectivity index (χ0) is 15.3. The summed E-state index contributed by atoms with van der Waals surface area (Å²) in [4.78, 5) is 0. The van der Waals surface area contributed by atoms with Crippen LogP contribution in [0.4, 0.5) is 0 Å². The van der Waals surface area contributed by atoms with Gasteiger partial charge in [0, 0.05) is 6.04 Å². The summed E-state index contributed by atoms with van der Waals surface area (Å²) in [5.41, 5.74) is 1.69. The minimum atomic E-state index is 0.339. The predicted molar refractivity (Wildman–Crippen MR) is 88.4 cm³/mol. The largest absolute Gasteiger partial charge is 0.377 e. The van der Waals surface area contributed by atoms with Gasteiger partial charge in [-0.05, 0) is 81.1 Å². The molecule has 0 aromatic heterocycles. The van der Waals surface area contributed by atoms with Crippen molar-refractivity contribution in [2.75, 3.05) is 13.2 Å². The van der Waals surface area contributed by atoms with Crippen LogP contribution in [-0.2, 0) is 4.74 Å². The lowest BCUT2D eigenvalue weighted by Crippen LogP contribution is -2.62. The molecule has 0 radical (unpaired) electrons. The molecule has 4 saturated carbocycles. The topological polar surface area (TPSA) is 21.3 Å². The van der Waals surface area contributed by atoms with Crippen LogP contribution in [0.2, 0.25) is 0 Å². The highest BCUT2D eigenvalue weighted by Crippen LogP contribution is 2.70. The van der Waals surface area contributed by atoms with Gasteiger partial charge in [-0.3, -0.25) is 0 Å². The van der Waals surface area contributed by atoms with Crippen molar-refractivity contribution < 1.29 is 4.74 Å². The minimum absolute atomic E-state index is 0.339. The molecule has 0 amide bonds. The van der Waals surface area contributed by atoms with Crippen LogP contribution in [0.5, 0.6) is 0 Å². The maximum atomic E-state index is 6.05. The number of rotatable bonds is 6. The van der Waals surface area contributed by atoms with Gasteiger partial charge in [-0.15, -0.1) is 0 Å². The highest BCUT2D eigenvalue weighted by Gasteiger charge is 2.62. The van der Waals surface area contributed by atoms with Gasteiger partial charge in [-0.2, -0.15) is 0 Å². The first-order chi connectivity index (χ1) is 9.78. The Balaban J connectivity index is 1.84. The molecule has 4 aliphatic rings. The Morgan fingerprint density at radius 1 is 1.05 bits per heavy atom. The van der Waals surface area contributed by atoms with E-state index in [1.807, 2.05) is 0 Å². The van der Waals surface area contributed by atoms with Crippen LogP contribution in [0.3, 0.4) is 0 Å². The minimum Gasteiger partial charge on any atom is -0.377 e. The van der Waals surface area contributed by atoms with E-state index in [1.54, 1.807) is 0 Å². The van der Waals surface area contributed by atoms with Crippen LogP contribution in [-0.4, -0.2) is 25.3 Å². The second kappa shape index (κ2) is 5.23. The summed E-state index contributed by atoms with van der Waals surface area (Å²) < 4.78 is 6.05. The molecule has 1 N–H and O–H groups in total. The lowest BCUT2D eigenvalue weighted by atomic mass is 9.39. The lowest BCUT2D eigenvalue weighted by molar-refractivity contribution is -0.165. The van der Waals surface area contributed by atoms with Gasteiger partial charge < -0.3 is 10.1 Å². The van der Waals surface area contributed by atoms with Gasteiger partial charge in [0.25, 0.3) is 0 Å². The molecule has 0 heterocycles. The molecule has 122 valence electrons. The maximum Gasteiger partial charge on any atom is 0.0628 e. The van der Waals surface area contributed by atoms with E-state index in [-0.39, 0.29) is 0 Å². The highest BCUT2D eigenvalue weighted by molar-refractivity contribution is 5.13. The van der Waals surface area contributed by atoms with Crippen molar-refractivity contribution in [3.8, 4) is 0 Å². The molecule has 0 aromatic carbocycles. The molecule has 0 aromatic rings. The molecule has 4 rings (SSSR count). The summed E-state index contributed by atoms with van der Waals surface area (Å²) in [6.07, 6.45) is 9.05. The molecule has 0 aliphatic heterocycles. The Bertz CT molecular complexity index is 373. The molecule has 0 spiro atoms. The van der Waals surface area contributed by atoms with Crippen molar-refractivity contribution in [3.05, 3.63) is 0 Å². The zero-order valence-corrected chi connectivity index (χ0v) is 14.8. The van der Waals surface area contributed by atoms with Crippen LogP contribution >= 0.6 is 0 Å². The number of nitrogens with one attached hydrogen (secondary N) is 1. The smallest absolute Gasteiger partial charge is 0.0628 e. The fourth-order valence-electron chi connectivity index (χ4n) is 6.91. The average Bonchev–Trinajstić information content (AvgIpc) is 2.29. The normalized spacial score (nSPS) is 46.3. The van der Waals surface area contributed by atoms with Gasteiger partial charge >= 0.3 is 0 Å². The van der Waals surface area contributed by atoms with Crippen LogP contribution < -0.4 is 5.32 Å². The number of hydrogen-bond donors (Lipinski definition) is 1. The fourth-order valence-corrected chi connectivity index (χ4v) is 6.91. The predicted octanol–water partition coefficient (Wildman–Crippen LogP) is 4.39. The summed E-state index contributed by atoms with van der Waals surface area (Å²) in [5, 5.41) is 3.80. The number of likely N-dealkylation sites (N-methyl/N-ethyl adjacent to an activating group) is 1. The molecular formula is C19H35NO. The van der Waals surface area contributed by atoms with E-state index in [4.69, 9.17) is 4.74 Å². The first-order valence-electron chi connectivity index (χ1n) is 9.13. The van der Waals surface area contributed by atoms with Crippen LogP contribution in [0, 0.1) is 22.2 Å². The number of ether oxygens (including phenoxy) is 1. The van der Waals surface area contributed by atoms with Gasteiger partial charge in [0.05, 0.1) is 12.7 Å². The van der Waals surface area contributed by atoms with Crippen molar-refractivity contribution in [1.29, 1.82) is 0 Å². The molecule has 3 atom stereocenters. The van der Waals surface area contributed by atoms with Gasteiger partial charge in [0.1, 0.15) is 0 Å². The third-order valence-corrected chi connectivity index (χ3v) is 6.46. The van der Waals surface area contributed by atoms with Crippen molar-refractivity contribution in [2.24, 2.45) is 22.2 Å². The Labute approximate surface area is 131 Å². The Kier molecular flexibility index (Phi) is 3.94. The molecular weight excluding hydrogens is 258 g/mol. The molecule has 4 aliphatic carbocycles. The van der Waals surface area contributed by atoms with E-state index in [9.17, 15) is 0 Å². The first kappa shape index (κ1) is 15.8. The van der Waals surface area contributed by atoms with Crippen molar-refractivity contribution in [2.45, 2.75) is 85.3 Å². The maximum absolute atomic E-state index is 6.05. The van der Waals surface area contributed by atoms with Crippen molar-refractivity contribution >= 4 is 0 Å². The van der Waals surface area contributed by atoms with Gasteiger partial charge in [-0.1, -0.05) is 20.8 Å². The molecule has 0 saturated heterocycles. The SMILES string of the molecule is CCNC(COC(C)C)C12CC3CC(C)(CC(C)(C3)C1)C2. The van der Waals surface area contributed by atoms with Gasteiger partial charge in [-0.25, -0.2) is 0 Å². The Morgan fingerprint density at radius 2 is 1.67 bits per heavy atom.